The molecule has 0 bridgehead atoms. The van der Waals surface area contributed by atoms with Gasteiger partial charge in [-0.05, 0) is 19.4 Å². The topological polar surface area (TPSA) is 52.9 Å². The minimum absolute atomic E-state index is 0.0460. The maximum absolute atomic E-state index is 10.6. The van der Waals surface area contributed by atoms with Crippen molar-refractivity contribution in [3.05, 3.63) is 0 Å². The fraction of sp³-hybridized carbons (Fsp3) is 0.875. The van der Waals surface area contributed by atoms with Crippen molar-refractivity contribution in [2.75, 3.05) is 18.6 Å². The Morgan fingerprint density at radius 1 is 1.67 bits per heavy atom. The highest BCUT2D eigenvalue weighted by molar-refractivity contribution is 7.84. The van der Waals surface area contributed by atoms with E-state index < -0.39 is 10.8 Å². The van der Waals surface area contributed by atoms with E-state index in [0.29, 0.717) is 0 Å². The molecule has 0 aliphatic heterocycles. The van der Waals surface area contributed by atoms with Crippen LogP contribution in [0.15, 0.2) is 0 Å². The van der Waals surface area contributed by atoms with Gasteiger partial charge < -0.3 is 5.32 Å². The summed E-state index contributed by atoms with van der Waals surface area (Å²) < 4.78 is 10.6. The molecule has 0 rings (SSSR count). The molecular weight excluding hydrogens is 172 g/mol. The van der Waals surface area contributed by atoms with Crippen molar-refractivity contribution >= 4 is 10.8 Å². The van der Waals surface area contributed by atoms with Gasteiger partial charge in [0.1, 0.15) is 0 Å². The molecule has 70 valence electrons. The minimum atomic E-state index is -0.707. The van der Waals surface area contributed by atoms with Crippen LogP contribution in [0, 0.1) is 11.3 Å². The van der Waals surface area contributed by atoms with Crippen LogP contribution in [0.25, 0.3) is 0 Å². The van der Waals surface area contributed by atoms with Gasteiger partial charge in [-0.15, -0.1) is 0 Å². The number of rotatable bonds is 6. The summed E-state index contributed by atoms with van der Waals surface area (Å²) in [5, 5.41) is 11.6. The molecule has 0 aliphatic rings. The van der Waals surface area contributed by atoms with Crippen LogP contribution >= 0.6 is 0 Å². The summed E-state index contributed by atoms with van der Waals surface area (Å²) in [6.07, 6.45) is 3.40. The van der Waals surface area contributed by atoms with E-state index in [4.69, 9.17) is 5.26 Å². The molecule has 3 nitrogen and oxygen atoms in total. The van der Waals surface area contributed by atoms with Crippen LogP contribution in [-0.2, 0) is 10.8 Å². The summed E-state index contributed by atoms with van der Waals surface area (Å²) in [5.74, 6) is 0.717. The Hall–Kier alpha value is -0.400. The molecule has 0 aromatic carbocycles. The largest absolute Gasteiger partial charge is 0.302 e. The van der Waals surface area contributed by atoms with Crippen LogP contribution in [0.4, 0.5) is 0 Å². The zero-order chi connectivity index (χ0) is 9.40. The third kappa shape index (κ3) is 6.32. The van der Waals surface area contributed by atoms with E-state index in [9.17, 15) is 4.21 Å². The standard InChI is InChI=1S/C8H16N2OS/c1-3-8(7-9)10-5-4-6-12(2)11/h8,10H,3-6H2,1-2H3. The van der Waals surface area contributed by atoms with E-state index in [-0.39, 0.29) is 6.04 Å². The monoisotopic (exact) mass is 188 g/mol. The van der Waals surface area contributed by atoms with E-state index >= 15 is 0 Å². The summed E-state index contributed by atoms with van der Waals surface area (Å²) in [6, 6.07) is 2.11. The quantitative estimate of drug-likeness (QED) is 0.623. The zero-order valence-corrected chi connectivity index (χ0v) is 8.49. The lowest BCUT2D eigenvalue weighted by Gasteiger charge is -2.07. The fourth-order valence-corrected chi connectivity index (χ4v) is 1.38. The number of nitrogens with one attached hydrogen (secondary N) is 1. The van der Waals surface area contributed by atoms with Gasteiger partial charge in [-0.25, -0.2) is 0 Å². The Bertz CT molecular complexity index is 176. The second kappa shape index (κ2) is 7.26. The summed E-state index contributed by atoms with van der Waals surface area (Å²) >= 11 is 0. The number of hydrogen-bond acceptors (Lipinski definition) is 3. The van der Waals surface area contributed by atoms with Crippen LogP contribution in [0.2, 0.25) is 0 Å². The van der Waals surface area contributed by atoms with Crippen LogP contribution in [-0.4, -0.2) is 28.8 Å². The van der Waals surface area contributed by atoms with E-state index in [1.54, 1.807) is 6.26 Å². The third-order valence-electron chi connectivity index (χ3n) is 1.56. The first-order valence-electron chi connectivity index (χ1n) is 4.13. The summed E-state index contributed by atoms with van der Waals surface area (Å²) in [5.41, 5.74) is 0. The molecule has 0 amide bonds. The Kier molecular flexibility index (Phi) is 7.02. The summed E-state index contributed by atoms with van der Waals surface area (Å²) in [4.78, 5) is 0. The van der Waals surface area contributed by atoms with Crippen LogP contribution < -0.4 is 5.32 Å². The summed E-state index contributed by atoms with van der Waals surface area (Å²) in [7, 11) is -0.707. The van der Waals surface area contributed by atoms with Gasteiger partial charge in [0.15, 0.2) is 0 Å². The number of hydrogen-bond donors (Lipinski definition) is 1. The maximum Gasteiger partial charge on any atom is 0.0950 e. The predicted molar refractivity (Wildman–Crippen MR) is 51.2 cm³/mol. The van der Waals surface area contributed by atoms with Gasteiger partial charge in [0.05, 0.1) is 12.1 Å². The first-order valence-corrected chi connectivity index (χ1v) is 5.86. The number of nitrogens with zero attached hydrogens (tertiary/aromatic N) is 1. The highest BCUT2D eigenvalue weighted by Gasteiger charge is 2.01. The van der Waals surface area contributed by atoms with Gasteiger partial charge in [0, 0.05) is 22.8 Å². The van der Waals surface area contributed by atoms with Crippen molar-refractivity contribution < 1.29 is 4.21 Å². The van der Waals surface area contributed by atoms with Gasteiger partial charge in [0.25, 0.3) is 0 Å². The average molecular weight is 188 g/mol. The molecule has 2 atom stereocenters. The molecule has 0 aliphatic carbocycles. The zero-order valence-electron chi connectivity index (χ0n) is 7.67. The van der Waals surface area contributed by atoms with Gasteiger partial charge in [-0.1, -0.05) is 6.92 Å². The molecule has 0 aromatic rings. The Morgan fingerprint density at radius 2 is 2.33 bits per heavy atom. The van der Waals surface area contributed by atoms with Crippen LogP contribution in [0.5, 0.6) is 0 Å². The minimum Gasteiger partial charge on any atom is -0.302 e. The highest BCUT2D eigenvalue weighted by Crippen LogP contribution is 1.89. The van der Waals surface area contributed by atoms with Crippen molar-refractivity contribution in [2.24, 2.45) is 0 Å². The van der Waals surface area contributed by atoms with Gasteiger partial charge >= 0.3 is 0 Å². The van der Waals surface area contributed by atoms with Gasteiger partial charge in [-0.3, -0.25) is 4.21 Å². The molecule has 0 saturated heterocycles. The lowest BCUT2D eigenvalue weighted by Crippen LogP contribution is -2.28. The van der Waals surface area contributed by atoms with Crippen molar-refractivity contribution in [1.82, 2.24) is 5.32 Å². The Balaban J connectivity index is 3.31. The SMILES string of the molecule is CCC(C#N)NCCCS(C)=O. The first kappa shape index (κ1) is 11.6. The lowest BCUT2D eigenvalue weighted by atomic mass is 10.2. The summed E-state index contributed by atoms with van der Waals surface area (Å²) in [6.45, 7) is 2.75. The molecule has 0 heterocycles. The average Bonchev–Trinajstić information content (AvgIpc) is 2.04. The van der Waals surface area contributed by atoms with E-state index in [1.165, 1.54) is 0 Å². The molecule has 12 heavy (non-hydrogen) atoms. The fourth-order valence-electron chi connectivity index (χ4n) is 0.833. The van der Waals surface area contributed by atoms with E-state index in [1.807, 2.05) is 6.92 Å². The molecule has 0 radical (unpaired) electrons. The van der Waals surface area contributed by atoms with Crippen molar-refractivity contribution in [3.8, 4) is 6.07 Å². The predicted octanol–water partition coefficient (Wildman–Crippen LogP) is 0.647. The molecular formula is C8H16N2OS. The molecule has 4 heteroatoms. The van der Waals surface area contributed by atoms with E-state index in [2.05, 4.69) is 11.4 Å². The number of nitriles is 1. The van der Waals surface area contributed by atoms with Crippen LogP contribution in [0.3, 0.4) is 0 Å². The maximum atomic E-state index is 10.6. The molecule has 0 spiro atoms. The molecule has 0 fully saturated rings. The normalized spacial score (nSPS) is 15.1. The van der Waals surface area contributed by atoms with Gasteiger partial charge in [0.2, 0.25) is 0 Å². The lowest BCUT2D eigenvalue weighted by molar-refractivity contribution is 0.582. The smallest absolute Gasteiger partial charge is 0.0950 e. The second-order valence-electron chi connectivity index (χ2n) is 2.67. The van der Waals surface area contributed by atoms with Crippen molar-refractivity contribution in [2.45, 2.75) is 25.8 Å². The van der Waals surface area contributed by atoms with Crippen molar-refractivity contribution in [1.29, 1.82) is 5.26 Å². The van der Waals surface area contributed by atoms with Crippen LogP contribution in [0.1, 0.15) is 19.8 Å². The second-order valence-corrected chi connectivity index (χ2v) is 4.23. The Labute approximate surface area is 76.6 Å². The van der Waals surface area contributed by atoms with Gasteiger partial charge in [-0.2, -0.15) is 5.26 Å². The Morgan fingerprint density at radius 3 is 2.75 bits per heavy atom. The third-order valence-corrected chi connectivity index (χ3v) is 2.43. The molecule has 1 N–H and O–H groups in total. The first-order chi connectivity index (χ1) is 5.70. The van der Waals surface area contributed by atoms with E-state index in [0.717, 1.165) is 25.1 Å². The molecule has 0 aromatic heterocycles. The molecule has 0 saturated carbocycles. The highest BCUT2D eigenvalue weighted by atomic mass is 32.2. The van der Waals surface area contributed by atoms with Crippen molar-refractivity contribution in [3.63, 3.8) is 0 Å². The molecule has 2 unspecified atom stereocenters.